The molecule has 2 aliphatic rings. The van der Waals surface area contributed by atoms with Crippen LogP contribution in [0, 0.1) is 10.1 Å². The number of hydrogen-bond donors (Lipinski definition) is 1. The van der Waals surface area contributed by atoms with Crippen molar-refractivity contribution in [1.29, 1.82) is 0 Å². The summed E-state index contributed by atoms with van der Waals surface area (Å²) >= 11 is 6.51. The molecule has 0 spiro atoms. The summed E-state index contributed by atoms with van der Waals surface area (Å²) in [6.07, 6.45) is 2.85. The molecule has 116 valence electrons. The Morgan fingerprint density at radius 1 is 1.38 bits per heavy atom. The van der Waals surface area contributed by atoms with E-state index in [1.54, 1.807) is 0 Å². The van der Waals surface area contributed by atoms with E-state index >= 15 is 0 Å². The summed E-state index contributed by atoms with van der Waals surface area (Å²) in [5.41, 5.74) is 5.58. The molecule has 21 heavy (non-hydrogen) atoms. The first kappa shape index (κ1) is 15.2. The molecule has 2 N–H and O–H groups in total. The maximum atomic E-state index is 12.8. The van der Waals surface area contributed by atoms with Crippen LogP contribution in [0.2, 0.25) is 4.34 Å². The molecular formula is C11H14ClN3O4S2. The summed E-state index contributed by atoms with van der Waals surface area (Å²) in [5, 5.41) is 10.8. The molecule has 7 nitrogen and oxygen atoms in total. The predicted molar refractivity (Wildman–Crippen MR) is 79.0 cm³/mol. The molecule has 2 saturated heterocycles. The van der Waals surface area contributed by atoms with Crippen LogP contribution in [0.5, 0.6) is 0 Å². The monoisotopic (exact) mass is 351 g/mol. The minimum Gasteiger partial charge on any atom is -0.328 e. The first-order valence-corrected chi connectivity index (χ1v) is 9.17. The number of nitro groups is 1. The lowest BCUT2D eigenvalue weighted by molar-refractivity contribution is -0.384. The number of fused-ring (bicyclic) bond motifs is 2. The Morgan fingerprint density at radius 2 is 1.95 bits per heavy atom. The molecular weight excluding hydrogens is 338 g/mol. The second-order valence-electron chi connectivity index (χ2n) is 5.43. The van der Waals surface area contributed by atoms with E-state index in [1.807, 2.05) is 0 Å². The van der Waals surface area contributed by atoms with Gasteiger partial charge in [-0.2, -0.15) is 4.31 Å². The topological polar surface area (TPSA) is 107 Å². The van der Waals surface area contributed by atoms with Crippen molar-refractivity contribution in [2.24, 2.45) is 5.73 Å². The zero-order chi connectivity index (χ0) is 15.4. The fourth-order valence-corrected chi connectivity index (χ4v) is 6.92. The van der Waals surface area contributed by atoms with Crippen LogP contribution in [0.25, 0.3) is 0 Å². The lowest BCUT2D eigenvalue weighted by Gasteiger charge is -2.36. The van der Waals surface area contributed by atoms with Crippen LogP contribution in [0.15, 0.2) is 10.3 Å². The molecule has 0 radical (unpaired) electrons. The molecule has 3 heterocycles. The van der Waals surface area contributed by atoms with Crippen LogP contribution in [0.4, 0.5) is 5.69 Å². The fraction of sp³-hybridized carbons (Fsp3) is 0.636. The van der Waals surface area contributed by atoms with Crippen LogP contribution in [0.1, 0.15) is 25.7 Å². The Kier molecular flexibility index (Phi) is 3.73. The summed E-state index contributed by atoms with van der Waals surface area (Å²) < 4.78 is 26.8. The van der Waals surface area contributed by atoms with Crippen molar-refractivity contribution < 1.29 is 13.3 Å². The SMILES string of the molecule is NC1CC2CCC(C1)N2S(=O)(=O)c1cc([N+](=O)[O-])c(Cl)s1. The van der Waals surface area contributed by atoms with Gasteiger partial charge in [-0.15, -0.1) is 11.3 Å². The van der Waals surface area contributed by atoms with Gasteiger partial charge in [0.1, 0.15) is 4.21 Å². The van der Waals surface area contributed by atoms with E-state index in [9.17, 15) is 18.5 Å². The summed E-state index contributed by atoms with van der Waals surface area (Å²) in [6, 6.07) is 0.860. The second kappa shape index (κ2) is 5.17. The van der Waals surface area contributed by atoms with Crippen LogP contribution < -0.4 is 5.73 Å². The molecule has 0 aliphatic carbocycles. The van der Waals surface area contributed by atoms with Crippen molar-refractivity contribution in [3.05, 3.63) is 20.5 Å². The lowest BCUT2D eigenvalue weighted by atomic mass is 10.0. The molecule has 0 amide bonds. The molecule has 10 heteroatoms. The zero-order valence-electron chi connectivity index (χ0n) is 10.9. The van der Waals surface area contributed by atoms with Crippen molar-refractivity contribution in [1.82, 2.24) is 4.31 Å². The van der Waals surface area contributed by atoms with Gasteiger partial charge in [0.05, 0.1) is 4.92 Å². The van der Waals surface area contributed by atoms with Crippen LogP contribution >= 0.6 is 22.9 Å². The van der Waals surface area contributed by atoms with Gasteiger partial charge in [-0.1, -0.05) is 11.6 Å². The molecule has 3 rings (SSSR count). The van der Waals surface area contributed by atoms with Gasteiger partial charge in [-0.3, -0.25) is 10.1 Å². The number of nitrogens with zero attached hydrogens (tertiary/aromatic N) is 2. The van der Waals surface area contributed by atoms with Gasteiger partial charge >= 0.3 is 0 Å². The second-order valence-corrected chi connectivity index (χ2v) is 9.16. The first-order valence-electron chi connectivity index (χ1n) is 6.53. The highest BCUT2D eigenvalue weighted by Crippen LogP contribution is 2.43. The third kappa shape index (κ3) is 2.46. The maximum absolute atomic E-state index is 12.8. The molecule has 0 saturated carbocycles. The summed E-state index contributed by atoms with van der Waals surface area (Å²) in [6.45, 7) is 0. The van der Waals surface area contributed by atoms with E-state index < -0.39 is 14.9 Å². The van der Waals surface area contributed by atoms with E-state index in [0.717, 1.165) is 30.2 Å². The molecule has 2 aliphatic heterocycles. The van der Waals surface area contributed by atoms with Gasteiger partial charge in [-0.25, -0.2) is 8.42 Å². The number of rotatable bonds is 3. The highest BCUT2D eigenvalue weighted by atomic mass is 35.5. The Bertz CT molecular complexity index is 676. The van der Waals surface area contributed by atoms with Crippen LogP contribution in [-0.4, -0.2) is 35.8 Å². The molecule has 1 aromatic rings. The lowest BCUT2D eigenvalue weighted by Crippen LogP contribution is -2.49. The van der Waals surface area contributed by atoms with E-state index in [2.05, 4.69) is 0 Å². The summed E-state index contributed by atoms with van der Waals surface area (Å²) in [5.74, 6) is 0. The number of halogens is 1. The summed E-state index contributed by atoms with van der Waals surface area (Å²) in [4.78, 5) is 10.2. The van der Waals surface area contributed by atoms with E-state index in [-0.39, 0.29) is 32.4 Å². The van der Waals surface area contributed by atoms with E-state index in [0.29, 0.717) is 12.8 Å². The average Bonchev–Trinajstić information content (AvgIpc) is 2.90. The fourth-order valence-electron chi connectivity index (χ4n) is 3.26. The summed E-state index contributed by atoms with van der Waals surface area (Å²) in [7, 11) is -3.75. The minimum atomic E-state index is -3.75. The largest absolute Gasteiger partial charge is 0.328 e. The number of piperidine rings is 1. The van der Waals surface area contributed by atoms with Gasteiger partial charge in [0, 0.05) is 24.2 Å². The van der Waals surface area contributed by atoms with Gasteiger partial charge in [0.2, 0.25) is 0 Å². The quantitative estimate of drug-likeness (QED) is 0.661. The van der Waals surface area contributed by atoms with E-state index in [1.165, 1.54) is 4.31 Å². The Balaban J connectivity index is 1.98. The standard InChI is InChI=1S/C11H14ClN3O4S2/c12-11-9(15(16)17)5-10(20-11)21(18,19)14-7-1-2-8(14)4-6(13)3-7/h5-8H,1-4,13H2. The normalized spacial score (nSPS) is 29.7. The molecule has 2 fully saturated rings. The third-order valence-corrected chi connectivity index (χ3v) is 7.87. The van der Waals surface area contributed by atoms with E-state index in [4.69, 9.17) is 17.3 Å². The predicted octanol–water partition coefficient (Wildman–Crippen LogP) is 1.95. The Hall–Kier alpha value is -0.740. The first-order chi connectivity index (χ1) is 9.80. The van der Waals surface area contributed by atoms with Crippen molar-refractivity contribution in [3.63, 3.8) is 0 Å². The maximum Gasteiger partial charge on any atom is 0.300 e. The molecule has 0 aromatic carbocycles. The molecule has 2 unspecified atom stereocenters. The molecule has 2 atom stereocenters. The number of thiophene rings is 1. The number of nitrogens with two attached hydrogens (primary N) is 1. The molecule has 1 aromatic heterocycles. The van der Waals surface area contributed by atoms with Gasteiger partial charge in [0.15, 0.2) is 4.34 Å². The molecule has 2 bridgehead atoms. The van der Waals surface area contributed by atoms with Crippen molar-refractivity contribution in [2.45, 2.75) is 48.0 Å². The third-order valence-electron chi connectivity index (χ3n) is 4.08. The highest BCUT2D eigenvalue weighted by Gasteiger charge is 2.47. The number of hydrogen-bond acceptors (Lipinski definition) is 6. The minimum absolute atomic E-state index is 0.0233. The van der Waals surface area contributed by atoms with Gasteiger partial charge in [-0.05, 0) is 25.7 Å². The van der Waals surface area contributed by atoms with Crippen LogP contribution in [0.3, 0.4) is 0 Å². The van der Waals surface area contributed by atoms with Crippen molar-refractivity contribution in [3.8, 4) is 0 Å². The Labute approximate surface area is 130 Å². The van der Waals surface area contributed by atoms with Crippen molar-refractivity contribution >= 4 is 38.6 Å². The van der Waals surface area contributed by atoms with Gasteiger partial charge in [0.25, 0.3) is 15.7 Å². The van der Waals surface area contributed by atoms with Crippen LogP contribution in [-0.2, 0) is 10.0 Å². The number of sulfonamides is 1. The Morgan fingerprint density at radius 3 is 2.43 bits per heavy atom. The zero-order valence-corrected chi connectivity index (χ0v) is 13.3. The van der Waals surface area contributed by atoms with Gasteiger partial charge < -0.3 is 5.73 Å². The van der Waals surface area contributed by atoms with Crippen molar-refractivity contribution in [2.75, 3.05) is 0 Å². The smallest absolute Gasteiger partial charge is 0.300 e. The highest BCUT2D eigenvalue weighted by molar-refractivity contribution is 7.91. The average molecular weight is 352 g/mol.